The van der Waals surface area contributed by atoms with Crippen LogP contribution in [0.1, 0.15) is 25.8 Å². The highest BCUT2D eigenvalue weighted by Gasteiger charge is 2.12. The Morgan fingerprint density at radius 3 is 2.28 bits per heavy atom. The second kappa shape index (κ2) is 9.01. The van der Waals surface area contributed by atoms with E-state index in [0.717, 1.165) is 17.7 Å². The number of carbonyl (C=O) groups is 1. The van der Waals surface area contributed by atoms with Crippen LogP contribution in [0.4, 0.5) is 14.5 Å². The molecule has 0 aliphatic heterocycles. The largest absolute Gasteiger partial charge is 0.490 e. The zero-order chi connectivity index (χ0) is 18.2. The number of rotatable bonds is 8. The summed E-state index contributed by atoms with van der Waals surface area (Å²) in [5.74, 6) is -0.801. The minimum atomic E-state index is -0.798. The summed E-state index contributed by atoms with van der Waals surface area (Å²) in [6, 6.07) is 8.88. The number of para-hydroxylation sites is 1. The van der Waals surface area contributed by atoms with Gasteiger partial charge in [-0.3, -0.25) is 4.79 Å². The molecule has 0 radical (unpaired) electrons. The number of ether oxygens (including phenoxy) is 2. The zero-order valence-electron chi connectivity index (χ0n) is 14.3. The first kappa shape index (κ1) is 18.7. The van der Waals surface area contributed by atoms with Gasteiger partial charge in [0.15, 0.2) is 11.5 Å². The molecule has 2 aromatic carbocycles. The number of carbonyl (C=O) groups excluding carboxylic acids is 1. The molecule has 1 amide bonds. The van der Waals surface area contributed by atoms with E-state index < -0.39 is 23.2 Å². The lowest BCUT2D eigenvalue weighted by atomic mass is 10.1. The molecule has 0 unspecified atom stereocenters. The normalized spacial score (nSPS) is 10.4. The smallest absolute Gasteiger partial charge is 0.224 e. The van der Waals surface area contributed by atoms with Crippen LogP contribution >= 0.6 is 0 Å². The van der Waals surface area contributed by atoms with E-state index in [4.69, 9.17) is 9.47 Å². The zero-order valence-corrected chi connectivity index (χ0v) is 14.3. The summed E-state index contributed by atoms with van der Waals surface area (Å²) in [5.41, 5.74) is 0.449. The quantitative estimate of drug-likeness (QED) is 0.771. The first-order valence-electron chi connectivity index (χ1n) is 8.17. The lowest BCUT2D eigenvalue weighted by molar-refractivity contribution is -0.116. The van der Waals surface area contributed by atoms with Gasteiger partial charge in [-0.05, 0) is 50.1 Å². The van der Waals surface area contributed by atoms with Crippen molar-refractivity contribution in [1.82, 2.24) is 0 Å². The molecular weight excluding hydrogens is 328 g/mol. The van der Waals surface area contributed by atoms with E-state index in [1.807, 2.05) is 26.0 Å². The Bertz CT molecular complexity index is 714. The summed E-state index contributed by atoms with van der Waals surface area (Å²) < 4.78 is 38.1. The van der Waals surface area contributed by atoms with Crippen molar-refractivity contribution in [3.8, 4) is 11.5 Å². The maximum absolute atomic E-state index is 13.5. The Labute approximate surface area is 145 Å². The standard InChI is InChI=1S/C19H21F2NO3/c1-3-24-16-10-8-13(12-17(16)25-4-2)9-11-18(23)22-19-14(20)6-5-7-15(19)21/h5-8,10,12H,3-4,9,11H2,1-2H3,(H,22,23). The maximum atomic E-state index is 13.5. The Hall–Kier alpha value is -2.63. The number of benzene rings is 2. The number of anilines is 1. The summed E-state index contributed by atoms with van der Waals surface area (Å²) in [4.78, 5) is 12.0. The predicted octanol–water partition coefficient (Wildman–Crippen LogP) is 4.33. The number of halogens is 2. The molecule has 0 atom stereocenters. The van der Waals surface area contributed by atoms with E-state index in [9.17, 15) is 13.6 Å². The van der Waals surface area contributed by atoms with Gasteiger partial charge in [0, 0.05) is 6.42 Å². The lowest BCUT2D eigenvalue weighted by Crippen LogP contribution is -2.14. The van der Waals surface area contributed by atoms with E-state index in [-0.39, 0.29) is 6.42 Å². The van der Waals surface area contributed by atoms with Crippen LogP contribution in [0.2, 0.25) is 0 Å². The van der Waals surface area contributed by atoms with Gasteiger partial charge in [0.05, 0.1) is 13.2 Å². The molecule has 0 fully saturated rings. The van der Waals surface area contributed by atoms with Gasteiger partial charge in [-0.15, -0.1) is 0 Å². The number of aryl methyl sites for hydroxylation is 1. The highest BCUT2D eigenvalue weighted by atomic mass is 19.1. The van der Waals surface area contributed by atoms with E-state index in [2.05, 4.69) is 5.32 Å². The van der Waals surface area contributed by atoms with E-state index in [0.29, 0.717) is 31.1 Å². The Morgan fingerprint density at radius 2 is 1.64 bits per heavy atom. The molecule has 6 heteroatoms. The molecule has 0 aliphatic carbocycles. The van der Waals surface area contributed by atoms with Crippen molar-refractivity contribution in [3.63, 3.8) is 0 Å². The van der Waals surface area contributed by atoms with E-state index >= 15 is 0 Å². The number of hydrogen-bond donors (Lipinski definition) is 1. The van der Waals surface area contributed by atoms with Crippen LogP contribution < -0.4 is 14.8 Å². The van der Waals surface area contributed by atoms with Gasteiger partial charge in [-0.2, -0.15) is 0 Å². The Balaban J connectivity index is 2.00. The minimum absolute atomic E-state index is 0.0906. The molecule has 2 rings (SSSR count). The van der Waals surface area contributed by atoms with Crippen molar-refractivity contribution >= 4 is 11.6 Å². The monoisotopic (exact) mass is 349 g/mol. The molecule has 2 aromatic rings. The third-order valence-corrected chi connectivity index (χ3v) is 3.48. The summed E-state index contributed by atoms with van der Waals surface area (Å²) in [7, 11) is 0. The van der Waals surface area contributed by atoms with Crippen molar-refractivity contribution in [2.75, 3.05) is 18.5 Å². The van der Waals surface area contributed by atoms with Crippen molar-refractivity contribution in [3.05, 3.63) is 53.6 Å². The van der Waals surface area contributed by atoms with Gasteiger partial charge in [0.25, 0.3) is 0 Å². The topological polar surface area (TPSA) is 47.6 Å². The minimum Gasteiger partial charge on any atom is -0.490 e. The summed E-state index contributed by atoms with van der Waals surface area (Å²) >= 11 is 0. The van der Waals surface area contributed by atoms with Gasteiger partial charge >= 0.3 is 0 Å². The van der Waals surface area contributed by atoms with Crippen molar-refractivity contribution in [2.24, 2.45) is 0 Å². The van der Waals surface area contributed by atoms with Gasteiger partial charge in [-0.25, -0.2) is 8.78 Å². The van der Waals surface area contributed by atoms with Crippen LogP contribution in [0.15, 0.2) is 36.4 Å². The molecule has 0 spiro atoms. The summed E-state index contributed by atoms with van der Waals surface area (Å²) in [5, 5.41) is 2.28. The molecule has 4 nitrogen and oxygen atoms in total. The van der Waals surface area contributed by atoms with Crippen LogP contribution in [0, 0.1) is 11.6 Å². The molecular formula is C19H21F2NO3. The molecule has 0 heterocycles. The van der Waals surface area contributed by atoms with Gasteiger partial charge in [0.1, 0.15) is 17.3 Å². The van der Waals surface area contributed by atoms with Crippen LogP contribution in [0.3, 0.4) is 0 Å². The average molecular weight is 349 g/mol. The van der Waals surface area contributed by atoms with Gasteiger partial charge in [-0.1, -0.05) is 12.1 Å². The maximum Gasteiger partial charge on any atom is 0.224 e. The number of amides is 1. The molecule has 25 heavy (non-hydrogen) atoms. The fraction of sp³-hybridized carbons (Fsp3) is 0.316. The second-order valence-corrected chi connectivity index (χ2v) is 5.29. The van der Waals surface area contributed by atoms with E-state index in [1.54, 1.807) is 6.07 Å². The highest BCUT2D eigenvalue weighted by Crippen LogP contribution is 2.29. The highest BCUT2D eigenvalue weighted by molar-refractivity contribution is 5.91. The van der Waals surface area contributed by atoms with Crippen LogP contribution in [-0.4, -0.2) is 19.1 Å². The van der Waals surface area contributed by atoms with Gasteiger partial charge < -0.3 is 14.8 Å². The van der Waals surface area contributed by atoms with Crippen LogP contribution in [0.5, 0.6) is 11.5 Å². The predicted molar refractivity (Wildman–Crippen MR) is 92.1 cm³/mol. The summed E-state index contributed by atoms with van der Waals surface area (Å²) in [6.07, 6.45) is 0.502. The fourth-order valence-corrected chi connectivity index (χ4v) is 2.33. The molecule has 0 aliphatic rings. The Morgan fingerprint density at radius 1 is 1.00 bits per heavy atom. The van der Waals surface area contributed by atoms with Crippen molar-refractivity contribution in [2.45, 2.75) is 26.7 Å². The van der Waals surface area contributed by atoms with E-state index in [1.165, 1.54) is 6.07 Å². The van der Waals surface area contributed by atoms with Crippen molar-refractivity contribution < 1.29 is 23.0 Å². The molecule has 134 valence electrons. The molecule has 0 bridgehead atoms. The van der Waals surface area contributed by atoms with Crippen molar-refractivity contribution in [1.29, 1.82) is 0 Å². The molecule has 0 saturated carbocycles. The third kappa shape index (κ3) is 5.17. The SMILES string of the molecule is CCOc1ccc(CCC(=O)Nc2c(F)cccc2F)cc1OCC. The van der Waals surface area contributed by atoms with Crippen LogP contribution in [0.25, 0.3) is 0 Å². The Kier molecular flexibility index (Phi) is 6.74. The fourth-order valence-electron chi connectivity index (χ4n) is 2.33. The third-order valence-electron chi connectivity index (χ3n) is 3.48. The number of nitrogens with one attached hydrogen (secondary N) is 1. The lowest BCUT2D eigenvalue weighted by Gasteiger charge is -2.12. The first-order chi connectivity index (χ1) is 12.0. The van der Waals surface area contributed by atoms with Gasteiger partial charge in [0.2, 0.25) is 5.91 Å². The first-order valence-corrected chi connectivity index (χ1v) is 8.17. The average Bonchev–Trinajstić information content (AvgIpc) is 2.59. The molecule has 0 aromatic heterocycles. The summed E-state index contributed by atoms with van der Waals surface area (Å²) in [6.45, 7) is 4.78. The molecule has 0 saturated heterocycles. The van der Waals surface area contributed by atoms with Crippen LogP contribution in [-0.2, 0) is 11.2 Å². The number of hydrogen-bond acceptors (Lipinski definition) is 3. The molecule has 1 N–H and O–H groups in total. The second-order valence-electron chi connectivity index (χ2n) is 5.29.